The highest BCUT2D eigenvalue weighted by Crippen LogP contribution is 2.37. The molecule has 0 aliphatic heterocycles. The van der Waals surface area contributed by atoms with Gasteiger partial charge in [-0.3, -0.25) is 4.98 Å². The topological polar surface area (TPSA) is 26.0 Å². The van der Waals surface area contributed by atoms with Gasteiger partial charge in [0.1, 0.15) is 11.2 Å². The molecule has 2 heterocycles. The van der Waals surface area contributed by atoms with Crippen LogP contribution >= 0.6 is 0 Å². The van der Waals surface area contributed by atoms with E-state index in [4.69, 9.17) is 9.40 Å². The molecule has 2 heteroatoms. The molecule has 6 rings (SSSR count). The summed E-state index contributed by atoms with van der Waals surface area (Å²) in [7, 11) is 0. The summed E-state index contributed by atoms with van der Waals surface area (Å²) in [6, 6.07) is 38.1. The SMILES string of the molecule is CC(c1ccccc1)c1ccnc(-c2cccc3c2oc2ccc(-c4ccccc4)cc23)c1. The highest BCUT2D eigenvalue weighted by molar-refractivity contribution is 6.10. The molecule has 0 saturated heterocycles. The molecule has 0 amide bonds. The molecule has 0 radical (unpaired) electrons. The third kappa shape index (κ3) is 3.50. The van der Waals surface area contributed by atoms with E-state index in [0.717, 1.165) is 33.2 Å². The molecule has 2 nitrogen and oxygen atoms in total. The molecule has 0 aliphatic carbocycles. The minimum atomic E-state index is 0.288. The maximum atomic E-state index is 6.37. The second-order valence-corrected chi connectivity index (χ2v) is 8.47. The van der Waals surface area contributed by atoms with Crippen LogP contribution in [0, 0.1) is 0 Å². The number of fused-ring (bicyclic) bond motifs is 3. The number of aromatic nitrogens is 1. The second kappa shape index (κ2) is 8.07. The normalized spacial score (nSPS) is 12.3. The van der Waals surface area contributed by atoms with Crippen LogP contribution < -0.4 is 0 Å². The predicted octanol–water partition coefficient (Wildman–Crippen LogP) is 8.47. The van der Waals surface area contributed by atoms with Gasteiger partial charge in [-0.2, -0.15) is 0 Å². The average Bonchev–Trinajstić information content (AvgIpc) is 3.27. The van der Waals surface area contributed by atoms with Crippen LogP contribution in [0.5, 0.6) is 0 Å². The lowest BCUT2D eigenvalue weighted by molar-refractivity contribution is 0.670. The molecular formula is C31H23NO. The first kappa shape index (κ1) is 19.5. The Morgan fingerprint density at radius 3 is 2.24 bits per heavy atom. The first-order chi connectivity index (χ1) is 16.3. The molecule has 6 aromatic rings. The van der Waals surface area contributed by atoms with Crippen LogP contribution in [0.3, 0.4) is 0 Å². The lowest BCUT2D eigenvalue weighted by atomic mass is 9.92. The van der Waals surface area contributed by atoms with E-state index in [1.165, 1.54) is 22.3 Å². The van der Waals surface area contributed by atoms with Gasteiger partial charge in [-0.25, -0.2) is 0 Å². The van der Waals surface area contributed by atoms with E-state index in [1.807, 2.05) is 12.3 Å². The first-order valence-corrected chi connectivity index (χ1v) is 11.3. The summed E-state index contributed by atoms with van der Waals surface area (Å²) in [5, 5.41) is 2.24. The van der Waals surface area contributed by atoms with Crippen LogP contribution in [0.4, 0.5) is 0 Å². The number of furan rings is 1. The highest BCUT2D eigenvalue weighted by Gasteiger charge is 2.15. The average molecular weight is 426 g/mol. The smallest absolute Gasteiger partial charge is 0.144 e. The molecule has 0 bridgehead atoms. The largest absolute Gasteiger partial charge is 0.455 e. The van der Waals surface area contributed by atoms with Crippen molar-refractivity contribution in [1.82, 2.24) is 4.98 Å². The van der Waals surface area contributed by atoms with Crippen molar-refractivity contribution in [2.24, 2.45) is 0 Å². The van der Waals surface area contributed by atoms with Gasteiger partial charge in [0.05, 0.1) is 5.69 Å². The molecule has 0 aliphatic rings. The van der Waals surface area contributed by atoms with Crippen molar-refractivity contribution in [3.05, 3.63) is 127 Å². The third-order valence-electron chi connectivity index (χ3n) is 6.46. The molecule has 0 saturated carbocycles. The lowest BCUT2D eigenvalue weighted by Gasteiger charge is -2.13. The summed E-state index contributed by atoms with van der Waals surface area (Å²) >= 11 is 0. The number of pyridine rings is 1. The van der Waals surface area contributed by atoms with Gasteiger partial charge in [-0.15, -0.1) is 0 Å². The quantitative estimate of drug-likeness (QED) is 0.283. The summed E-state index contributed by atoms with van der Waals surface area (Å²) in [4.78, 5) is 4.71. The summed E-state index contributed by atoms with van der Waals surface area (Å²) < 4.78 is 6.37. The van der Waals surface area contributed by atoms with Crippen LogP contribution in [-0.2, 0) is 0 Å². The Labute approximate surface area is 193 Å². The zero-order chi connectivity index (χ0) is 22.2. The van der Waals surface area contributed by atoms with Gasteiger partial charge in [0.2, 0.25) is 0 Å². The van der Waals surface area contributed by atoms with Gasteiger partial charge >= 0.3 is 0 Å². The zero-order valence-corrected chi connectivity index (χ0v) is 18.4. The number of rotatable bonds is 4. The Morgan fingerprint density at radius 2 is 1.42 bits per heavy atom. The van der Waals surface area contributed by atoms with Crippen molar-refractivity contribution in [2.75, 3.05) is 0 Å². The molecule has 0 N–H and O–H groups in total. The molecule has 158 valence electrons. The molecule has 4 aromatic carbocycles. The van der Waals surface area contributed by atoms with Crippen LogP contribution in [0.25, 0.3) is 44.3 Å². The van der Waals surface area contributed by atoms with Gasteiger partial charge in [-0.05, 0) is 52.6 Å². The fourth-order valence-electron chi connectivity index (χ4n) is 4.61. The van der Waals surface area contributed by atoms with Crippen molar-refractivity contribution in [3.63, 3.8) is 0 Å². The van der Waals surface area contributed by atoms with E-state index >= 15 is 0 Å². The van der Waals surface area contributed by atoms with Crippen LogP contribution in [-0.4, -0.2) is 4.98 Å². The van der Waals surface area contributed by atoms with Gasteiger partial charge in [-0.1, -0.05) is 85.8 Å². The second-order valence-electron chi connectivity index (χ2n) is 8.47. The van der Waals surface area contributed by atoms with E-state index < -0.39 is 0 Å². The Bertz CT molecular complexity index is 1570. The standard InChI is InChI=1S/C31H23NO/c1-21(22-9-4-2-5-10-22)24-17-18-32-29(20-24)27-14-8-13-26-28-19-25(23-11-6-3-7-12-23)15-16-30(28)33-31(26)27/h2-21H,1H3. The molecule has 1 unspecified atom stereocenters. The maximum absolute atomic E-state index is 6.37. The Morgan fingerprint density at radius 1 is 0.636 bits per heavy atom. The first-order valence-electron chi connectivity index (χ1n) is 11.3. The van der Waals surface area contributed by atoms with Crippen LogP contribution in [0.15, 0.2) is 120 Å². The fraction of sp³-hybridized carbons (Fsp3) is 0.0645. The van der Waals surface area contributed by atoms with E-state index in [2.05, 4.69) is 110 Å². The van der Waals surface area contributed by atoms with Gasteiger partial charge in [0.25, 0.3) is 0 Å². The molecule has 1 atom stereocenters. The Balaban J connectivity index is 1.47. The van der Waals surface area contributed by atoms with Crippen molar-refractivity contribution in [1.29, 1.82) is 0 Å². The van der Waals surface area contributed by atoms with E-state index in [0.29, 0.717) is 0 Å². The molecule has 2 aromatic heterocycles. The minimum absolute atomic E-state index is 0.288. The lowest BCUT2D eigenvalue weighted by Crippen LogP contribution is -1.97. The molecule has 33 heavy (non-hydrogen) atoms. The molecule has 0 fully saturated rings. The summed E-state index contributed by atoms with van der Waals surface area (Å²) in [5.74, 6) is 0.288. The monoisotopic (exact) mass is 425 g/mol. The Hall–Kier alpha value is -4.17. The van der Waals surface area contributed by atoms with Gasteiger partial charge in [0, 0.05) is 28.5 Å². The Kier molecular flexibility index (Phi) is 4.77. The molecule has 0 spiro atoms. The van der Waals surface area contributed by atoms with E-state index in [1.54, 1.807) is 0 Å². The predicted molar refractivity (Wildman–Crippen MR) is 136 cm³/mol. The van der Waals surface area contributed by atoms with Crippen molar-refractivity contribution in [3.8, 4) is 22.4 Å². The van der Waals surface area contributed by atoms with Crippen LogP contribution in [0.2, 0.25) is 0 Å². The number of nitrogens with zero attached hydrogens (tertiary/aromatic N) is 1. The number of hydrogen-bond donors (Lipinski definition) is 0. The van der Waals surface area contributed by atoms with E-state index in [-0.39, 0.29) is 5.92 Å². The highest BCUT2D eigenvalue weighted by atomic mass is 16.3. The summed E-state index contributed by atoms with van der Waals surface area (Å²) in [6.07, 6.45) is 1.90. The van der Waals surface area contributed by atoms with Crippen LogP contribution in [0.1, 0.15) is 24.0 Å². The van der Waals surface area contributed by atoms with Crippen molar-refractivity contribution >= 4 is 21.9 Å². The zero-order valence-electron chi connectivity index (χ0n) is 18.4. The third-order valence-corrected chi connectivity index (χ3v) is 6.46. The number of benzene rings is 4. The summed E-state index contributed by atoms with van der Waals surface area (Å²) in [6.45, 7) is 2.24. The minimum Gasteiger partial charge on any atom is -0.455 e. The maximum Gasteiger partial charge on any atom is 0.144 e. The van der Waals surface area contributed by atoms with Gasteiger partial charge in [0.15, 0.2) is 0 Å². The van der Waals surface area contributed by atoms with Crippen molar-refractivity contribution < 1.29 is 4.42 Å². The summed E-state index contributed by atoms with van der Waals surface area (Å²) in [5.41, 5.74) is 8.66. The van der Waals surface area contributed by atoms with E-state index in [9.17, 15) is 0 Å². The number of para-hydroxylation sites is 1. The van der Waals surface area contributed by atoms with Gasteiger partial charge < -0.3 is 4.42 Å². The fourth-order valence-corrected chi connectivity index (χ4v) is 4.61. The molecular weight excluding hydrogens is 402 g/mol. The number of hydrogen-bond acceptors (Lipinski definition) is 2. The van der Waals surface area contributed by atoms with Crippen molar-refractivity contribution in [2.45, 2.75) is 12.8 Å².